The van der Waals surface area contributed by atoms with Gasteiger partial charge >= 0.3 is 0 Å². The van der Waals surface area contributed by atoms with Crippen molar-refractivity contribution in [3.05, 3.63) is 228 Å². The van der Waals surface area contributed by atoms with Gasteiger partial charge in [-0.15, -0.1) is 0 Å². The van der Waals surface area contributed by atoms with Crippen LogP contribution in [0, 0.1) is 6.92 Å². The van der Waals surface area contributed by atoms with E-state index in [4.69, 9.17) is 9.97 Å². The Morgan fingerprint density at radius 2 is 0.696 bits per heavy atom. The van der Waals surface area contributed by atoms with Crippen LogP contribution in [0.15, 0.2) is 200 Å². The standard InChI is InChI=1S/C54H36N2/c1-35-23-25-38(26-24-35)51-34-52(39-29-27-37(28-30-39)36-13-3-2-4-14-36)56-53(55-51)40-31-32-46-42-16-6-5-15-41(42)43-17-7-10-20-47(43)54(50(46)33-40)48-21-11-8-18-44(48)45-19-9-12-22-49(45)54/h2-34H,1H3. The topological polar surface area (TPSA) is 25.8 Å². The normalized spacial score (nSPS) is 12.9. The number of nitrogens with zero attached hydrogens (tertiary/aromatic N) is 2. The summed E-state index contributed by atoms with van der Waals surface area (Å²) in [7, 11) is 0. The maximum Gasteiger partial charge on any atom is 0.160 e. The van der Waals surface area contributed by atoms with Gasteiger partial charge in [-0.2, -0.15) is 0 Å². The van der Waals surface area contributed by atoms with Crippen molar-refractivity contribution in [3.8, 4) is 78.4 Å². The summed E-state index contributed by atoms with van der Waals surface area (Å²) in [6.45, 7) is 2.12. The first-order valence-electron chi connectivity index (χ1n) is 19.3. The number of aryl methyl sites for hydroxylation is 1. The van der Waals surface area contributed by atoms with Crippen LogP contribution >= 0.6 is 0 Å². The molecule has 1 aromatic heterocycles. The van der Waals surface area contributed by atoms with Gasteiger partial charge in [-0.05, 0) is 85.8 Å². The highest BCUT2D eigenvalue weighted by atomic mass is 14.9. The van der Waals surface area contributed by atoms with Crippen molar-refractivity contribution in [1.29, 1.82) is 0 Å². The molecule has 2 aliphatic carbocycles. The van der Waals surface area contributed by atoms with Gasteiger partial charge in [-0.3, -0.25) is 0 Å². The number of aromatic nitrogens is 2. The van der Waals surface area contributed by atoms with Crippen LogP contribution in [0.25, 0.3) is 78.4 Å². The Morgan fingerprint density at radius 1 is 0.304 bits per heavy atom. The van der Waals surface area contributed by atoms with Gasteiger partial charge in [0.2, 0.25) is 0 Å². The quantitative estimate of drug-likeness (QED) is 0.182. The first kappa shape index (κ1) is 32.3. The minimum atomic E-state index is -0.571. The van der Waals surface area contributed by atoms with Gasteiger partial charge in [0.25, 0.3) is 0 Å². The SMILES string of the molecule is Cc1ccc(-c2cc(-c3ccc(-c4ccccc4)cc3)nc(-c3ccc4c(c3)C3(c5ccccc5-c5ccccc5-4)c4ccccc4-c4ccccc43)n2)cc1. The predicted octanol–water partition coefficient (Wildman–Crippen LogP) is 13.5. The van der Waals surface area contributed by atoms with E-state index < -0.39 is 5.41 Å². The molecule has 11 rings (SSSR count). The summed E-state index contributed by atoms with van der Waals surface area (Å²) in [4.78, 5) is 10.7. The first-order chi connectivity index (χ1) is 27.7. The minimum absolute atomic E-state index is 0.571. The average Bonchev–Trinajstić information content (AvgIpc) is 3.52. The van der Waals surface area contributed by atoms with E-state index in [0.717, 1.165) is 28.1 Å². The van der Waals surface area contributed by atoms with E-state index in [1.165, 1.54) is 72.3 Å². The average molecular weight is 713 g/mol. The highest BCUT2D eigenvalue weighted by molar-refractivity contribution is 5.97. The second kappa shape index (κ2) is 12.7. The van der Waals surface area contributed by atoms with E-state index in [1.54, 1.807) is 0 Å². The van der Waals surface area contributed by atoms with E-state index in [-0.39, 0.29) is 0 Å². The molecule has 56 heavy (non-hydrogen) atoms. The lowest BCUT2D eigenvalue weighted by atomic mass is 9.65. The zero-order valence-electron chi connectivity index (χ0n) is 30.9. The number of rotatable bonds is 4. The minimum Gasteiger partial charge on any atom is -0.228 e. The van der Waals surface area contributed by atoms with Gasteiger partial charge in [-0.1, -0.05) is 194 Å². The molecule has 0 saturated carbocycles. The van der Waals surface area contributed by atoms with E-state index in [9.17, 15) is 0 Å². The number of hydrogen-bond acceptors (Lipinski definition) is 2. The molecule has 262 valence electrons. The summed E-state index contributed by atoms with van der Waals surface area (Å²) in [5.74, 6) is 0.702. The third-order valence-corrected chi connectivity index (χ3v) is 11.8. The molecule has 2 heteroatoms. The fourth-order valence-electron chi connectivity index (χ4n) is 9.25. The summed E-state index contributed by atoms with van der Waals surface area (Å²) in [6, 6.07) is 72.8. The molecule has 0 unspecified atom stereocenters. The molecule has 2 nitrogen and oxygen atoms in total. The first-order valence-corrected chi connectivity index (χ1v) is 19.3. The summed E-state index contributed by atoms with van der Waals surface area (Å²) in [5.41, 5.74) is 20.5. The van der Waals surface area contributed by atoms with Crippen LogP contribution in [0.3, 0.4) is 0 Å². The maximum atomic E-state index is 5.37. The summed E-state index contributed by atoms with van der Waals surface area (Å²) >= 11 is 0. The Kier molecular flexibility index (Phi) is 7.33. The lowest BCUT2D eigenvalue weighted by molar-refractivity contribution is 0.775. The molecular formula is C54H36N2. The molecule has 0 atom stereocenters. The predicted molar refractivity (Wildman–Crippen MR) is 230 cm³/mol. The van der Waals surface area contributed by atoms with Crippen LogP contribution in [0.5, 0.6) is 0 Å². The zero-order chi connectivity index (χ0) is 37.2. The van der Waals surface area contributed by atoms with Gasteiger partial charge in [0.15, 0.2) is 5.82 Å². The highest BCUT2D eigenvalue weighted by Gasteiger charge is 2.49. The molecule has 1 spiro atoms. The second-order valence-electron chi connectivity index (χ2n) is 15.0. The molecule has 0 aliphatic heterocycles. The fraction of sp³-hybridized carbons (Fsp3) is 0.0370. The number of benzene rings is 8. The smallest absolute Gasteiger partial charge is 0.160 e. The van der Waals surface area contributed by atoms with E-state index in [1.807, 2.05) is 0 Å². The van der Waals surface area contributed by atoms with Crippen LogP contribution < -0.4 is 0 Å². The van der Waals surface area contributed by atoms with Gasteiger partial charge in [0, 0.05) is 16.7 Å². The fourth-order valence-corrected chi connectivity index (χ4v) is 9.25. The molecule has 1 heterocycles. The Balaban J connectivity index is 1.18. The maximum absolute atomic E-state index is 5.37. The van der Waals surface area contributed by atoms with Crippen LogP contribution in [0.1, 0.15) is 27.8 Å². The lowest BCUT2D eigenvalue weighted by Gasteiger charge is -2.35. The van der Waals surface area contributed by atoms with E-state index in [2.05, 4.69) is 207 Å². The summed E-state index contributed by atoms with van der Waals surface area (Å²) in [6.07, 6.45) is 0. The summed E-state index contributed by atoms with van der Waals surface area (Å²) < 4.78 is 0. The largest absolute Gasteiger partial charge is 0.228 e. The van der Waals surface area contributed by atoms with Crippen molar-refractivity contribution in [2.24, 2.45) is 0 Å². The van der Waals surface area contributed by atoms with Crippen LogP contribution in [0.2, 0.25) is 0 Å². The van der Waals surface area contributed by atoms with E-state index in [0.29, 0.717) is 5.82 Å². The number of fused-ring (bicyclic) bond motifs is 12. The third-order valence-electron chi connectivity index (χ3n) is 11.8. The lowest BCUT2D eigenvalue weighted by Crippen LogP contribution is -2.29. The van der Waals surface area contributed by atoms with Gasteiger partial charge in [0.05, 0.1) is 16.8 Å². The number of hydrogen-bond donors (Lipinski definition) is 0. The molecule has 0 saturated heterocycles. The summed E-state index contributed by atoms with van der Waals surface area (Å²) in [5, 5.41) is 0. The molecular weight excluding hydrogens is 677 g/mol. The van der Waals surface area contributed by atoms with Crippen molar-refractivity contribution in [2.45, 2.75) is 12.3 Å². The van der Waals surface area contributed by atoms with Crippen molar-refractivity contribution < 1.29 is 0 Å². The van der Waals surface area contributed by atoms with Gasteiger partial charge < -0.3 is 0 Å². The van der Waals surface area contributed by atoms with Crippen molar-refractivity contribution >= 4 is 0 Å². The highest BCUT2D eigenvalue weighted by Crippen LogP contribution is 2.61. The van der Waals surface area contributed by atoms with Crippen LogP contribution in [0.4, 0.5) is 0 Å². The van der Waals surface area contributed by atoms with Gasteiger partial charge in [0.1, 0.15) is 0 Å². The molecule has 0 N–H and O–H groups in total. The Labute approximate surface area is 327 Å². The van der Waals surface area contributed by atoms with Crippen molar-refractivity contribution in [1.82, 2.24) is 9.97 Å². The van der Waals surface area contributed by atoms with E-state index >= 15 is 0 Å². The van der Waals surface area contributed by atoms with Crippen molar-refractivity contribution in [3.63, 3.8) is 0 Å². The molecule has 9 aromatic rings. The van der Waals surface area contributed by atoms with Crippen LogP contribution in [-0.4, -0.2) is 9.97 Å². The van der Waals surface area contributed by atoms with Crippen LogP contribution in [-0.2, 0) is 5.41 Å². The third kappa shape index (κ3) is 4.89. The molecule has 0 fully saturated rings. The molecule has 0 amide bonds. The van der Waals surface area contributed by atoms with Gasteiger partial charge in [-0.25, -0.2) is 9.97 Å². The Bertz CT molecular complexity index is 2910. The second-order valence-corrected chi connectivity index (χ2v) is 15.0. The monoisotopic (exact) mass is 712 g/mol. The molecule has 0 bridgehead atoms. The van der Waals surface area contributed by atoms with Crippen molar-refractivity contribution in [2.75, 3.05) is 0 Å². The Morgan fingerprint density at radius 3 is 1.25 bits per heavy atom. The molecule has 8 aromatic carbocycles. The molecule has 0 radical (unpaired) electrons. The molecule has 2 aliphatic rings. The zero-order valence-corrected chi connectivity index (χ0v) is 30.9. The Hall–Kier alpha value is -7.16.